The third kappa shape index (κ3) is 17.7. The summed E-state index contributed by atoms with van der Waals surface area (Å²) in [6.07, 6.45) is 0.592. The molecule has 0 atom stereocenters. The number of carbonyl (C=O) groups excluding carboxylic acids is 3. The molecule has 0 aliphatic heterocycles. The summed E-state index contributed by atoms with van der Waals surface area (Å²) in [5.74, 6) is -1.69. The van der Waals surface area contributed by atoms with Gasteiger partial charge in [-0.15, -0.1) is 14.0 Å². The lowest BCUT2D eigenvalue weighted by Gasteiger charge is -2.15. The van der Waals surface area contributed by atoms with E-state index in [9.17, 15) is 18.9 Å². The van der Waals surface area contributed by atoms with Crippen LogP contribution in [0.25, 0.3) is 0 Å². The van der Waals surface area contributed by atoms with Crippen molar-refractivity contribution in [2.24, 2.45) is 0 Å². The van der Waals surface area contributed by atoms with Crippen LogP contribution in [0.4, 0.5) is 0 Å². The van der Waals surface area contributed by atoms with Gasteiger partial charge in [0.25, 0.3) is 0 Å². The van der Waals surface area contributed by atoms with Gasteiger partial charge in [-0.05, 0) is 20.8 Å². The van der Waals surface area contributed by atoms with Crippen LogP contribution < -0.4 is 0 Å². The van der Waals surface area contributed by atoms with Crippen molar-refractivity contribution in [3.05, 3.63) is 36.5 Å². The molecule has 35 heavy (non-hydrogen) atoms. The highest BCUT2D eigenvalue weighted by Gasteiger charge is 2.32. The zero-order valence-electron chi connectivity index (χ0n) is 20.2. The summed E-state index contributed by atoms with van der Waals surface area (Å²) < 4.78 is 41.1. The van der Waals surface area contributed by atoms with Crippen molar-refractivity contribution in [1.82, 2.24) is 0 Å². The number of hydrogen-bond acceptors (Lipinski definition) is 13. The Labute approximate surface area is 204 Å². The lowest BCUT2D eigenvalue weighted by molar-refractivity contribution is -0.325. The van der Waals surface area contributed by atoms with E-state index in [2.05, 4.69) is 33.8 Å². The van der Waals surface area contributed by atoms with Crippen molar-refractivity contribution in [2.75, 3.05) is 39.6 Å². The summed E-state index contributed by atoms with van der Waals surface area (Å²) in [5, 5.41) is 0. The topological polar surface area (TPSA) is 151 Å². The molecule has 0 aliphatic carbocycles. The second-order valence-corrected chi connectivity index (χ2v) is 8.29. The minimum absolute atomic E-state index is 0.000124. The molecule has 0 saturated heterocycles. The largest absolute Gasteiger partial charge is 0.556 e. The highest BCUT2D eigenvalue weighted by Crippen LogP contribution is 2.50. The van der Waals surface area contributed by atoms with Gasteiger partial charge in [0, 0.05) is 36.0 Å². The fourth-order valence-corrected chi connectivity index (χ4v) is 2.25. The maximum Gasteiger partial charge on any atom is 0.556 e. The average molecular weight is 524 g/mol. The van der Waals surface area contributed by atoms with E-state index in [0.717, 1.165) is 0 Å². The van der Waals surface area contributed by atoms with Gasteiger partial charge in [-0.3, -0.25) is 0 Å². The molecule has 0 aromatic carbocycles. The Hall–Kier alpha value is -2.38. The Balaban J connectivity index is 4.40. The van der Waals surface area contributed by atoms with Gasteiger partial charge in [-0.25, -0.2) is 33.6 Å². The second kappa shape index (κ2) is 18.9. The highest BCUT2D eigenvalue weighted by molar-refractivity contribution is 7.48. The molecule has 0 rings (SSSR count). The van der Waals surface area contributed by atoms with Gasteiger partial charge < -0.3 is 14.2 Å². The summed E-state index contributed by atoms with van der Waals surface area (Å²) in [4.78, 5) is 48.2. The van der Waals surface area contributed by atoms with Crippen LogP contribution in [-0.2, 0) is 61.8 Å². The highest BCUT2D eigenvalue weighted by atomic mass is 31.2. The fraction of sp³-hybridized carbons (Fsp3) is 0.571. The number of hydrogen-bond donors (Lipinski definition) is 0. The van der Waals surface area contributed by atoms with Gasteiger partial charge in [-0.2, -0.15) is 0 Å². The standard InChI is InChI=1S/C21H33O13P/c1-16(2)19(22)26-10-7-13-29-32-35(25,33-30-14-8-11-27-20(23)17(3)4)34-31-15-9-12-28-21(24)18(5)6/h1,3,5,7-15H2,2,4,6H3. The second-order valence-electron chi connectivity index (χ2n) is 6.95. The molecular formula is C21H33O13P. The van der Waals surface area contributed by atoms with Crippen molar-refractivity contribution in [2.45, 2.75) is 40.0 Å². The van der Waals surface area contributed by atoms with Crippen molar-refractivity contribution in [3.8, 4) is 0 Å². The zero-order chi connectivity index (χ0) is 26.7. The van der Waals surface area contributed by atoms with E-state index < -0.39 is 25.7 Å². The Kier molecular flexibility index (Phi) is 17.6. The molecule has 0 fully saturated rings. The first kappa shape index (κ1) is 32.6. The number of ether oxygens (including phenoxy) is 3. The smallest absolute Gasteiger partial charge is 0.462 e. The van der Waals surface area contributed by atoms with Crippen molar-refractivity contribution < 1.29 is 61.8 Å². The number of carbonyl (C=O) groups is 3. The van der Waals surface area contributed by atoms with Gasteiger partial charge in [0.05, 0.1) is 39.6 Å². The maximum absolute atomic E-state index is 12.6. The average Bonchev–Trinajstić information content (AvgIpc) is 2.79. The zero-order valence-corrected chi connectivity index (χ0v) is 21.1. The van der Waals surface area contributed by atoms with E-state index in [1.54, 1.807) is 0 Å². The third-order valence-corrected chi connectivity index (χ3v) is 4.16. The number of rotatable bonds is 21. The van der Waals surface area contributed by atoms with Gasteiger partial charge >= 0.3 is 25.7 Å². The Morgan fingerprint density at radius 2 is 0.800 bits per heavy atom. The van der Waals surface area contributed by atoms with E-state index in [-0.39, 0.29) is 75.6 Å². The summed E-state index contributed by atoms with van der Waals surface area (Å²) in [5.41, 5.74) is 0.727. The summed E-state index contributed by atoms with van der Waals surface area (Å²) >= 11 is 0. The first-order chi connectivity index (χ1) is 16.5. The van der Waals surface area contributed by atoms with Crippen molar-refractivity contribution in [1.29, 1.82) is 0 Å². The lowest BCUT2D eigenvalue weighted by atomic mass is 10.4. The number of phosphoric acid groups is 1. The van der Waals surface area contributed by atoms with Crippen molar-refractivity contribution >= 4 is 25.7 Å². The van der Waals surface area contributed by atoms with Gasteiger partial charge in [0.1, 0.15) is 0 Å². The molecule has 0 radical (unpaired) electrons. The molecule has 0 aliphatic rings. The molecule has 0 N–H and O–H groups in total. The normalized spacial score (nSPS) is 10.9. The predicted octanol–water partition coefficient (Wildman–Crippen LogP) is 3.47. The molecule has 14 heteroatoms. The van der Waals surface area contributed by atoms with E-state index in [4.69, 9.17) is 28.9 Å². The molecule has 0 amide bonds. The lowest BCUT2D eigenvalue weighted by Crippen LogP contribution is -2.11. The van der Waals surface area contributed by atoms with Gasteiger partial charge in [-0.1, -0.05) is 19.7 Å². The van der Waals surface area contributed by atoms with Crippen LogP contribution in [0.3, 0.4) is 0 Å². The van der Waals surface area contributed by atoms with Gasteiger partial charge in [0.15, 0.2) is 0 Å². The minimum Gasteiger partial charge on any atom is -0.462 e. The van der Waals surface area contributed by atoms with Gasteiger partial charge in [0.2, 0.25) is 0 Å². The van der Waals surface area contributed by atoms with Crippen LogP contribution in [-0.4, -0.2) is 57.5 Å². The molecule has 200 valence electrons. The van der Waals surface area contributed by atoms with Crippen LogP contribution in [0.1, 0.15) is 40.0 Å². The SMILES string of the molecule is C=C(C)C(=O)OCCCOOP(=O)(OOCCCOC(=O)C(=C)C)OOCCCOC(=O)C(=C)C. The Morgan fingerprint density at radius 3 is 1.03 bits per heavy atom. The first-order valence-electron chi connectivity index (χ1n) is 10.5. The summed E-state index contributed by atoms with van der Waals surface area (Å²) in [6.45, 7) is 14.4. The fourth-order valence-electron chi connectivity index (χ4n) is 1.56. The van der Waals surface area contributed by atoms with Crippen LogP contribution in [0, 0.1) is 0 Å². The van der Waals surface area contributed by atoms with E-state index >= 15 is 0 Å². The van der Waals surface area contributed by atoms with Crippen LogP contribution >= 0.6 is 7.82 Å². The maximum atomic E-state index is 12.6. The van der Waals surface area contributed by atoms with Crippen LogP contribution in [0.5, 0.6) is 0 Å². The van der Waals surface area contributed by atoms with E-state index in [0.29, 0.717) is 0 Å². The summed E-state index contributed by atoms with van der Waals surface area (Å²) in [7, 11) is -4.50. The predicted molar refractivity (Wildman–Crippen MR) is 120 cm³/mol. The molecule has 0 heterocycles. The molecule has 0 bridgehead atoms. The monoisotopic (exact) mass is 524 g/mol. The third-order valence-electron chi connectivity index (χ3n) is 3.29. The molecule has 0 saturated carbocycles. The number of esters is 3. The summed E-state index contributed by atoms with van der Waals surface area (Å²) in [6, 6.07) is 0. The molecule has 0 aromatic heterocycles. The minimum atomic E-state index is -4.50. The molecule has 0 spiro atoms. The van der Waals surface area contributed by atoms with Crippen molar-refractivity contribution in [3.63, 3.8) is 0 Å². The van der Waals surface area contributed by atoms with Crippen LogP contribution in [0.2, 0.25) is 0 Å². The quantitative estimate of drug-likeness (QED) is 0.0410. The molecular weight excluding hydrogens is 491 g/mol. The molecule has 13 nitrogen and oxygen atoms in total. The molecule has 0 aromatic rings. The van der Waals surface area contributed by atoms with E-state index in [1.807, 2.05) is 0 Å². The molecule has 0 unspecified atom stereocenters. The van der Waals surface area contributed by atoms with Crippen LogP contribution in [0.15, 0.2) is 36.5 Å². The first-order valence-corrected chi connectivity index (χ1v) is 12.0. The Bertz CT molecular complexity index is 677. The Morgan fingerprint density at radius 1 is 0.543 bits per heavy atom. The van der Waals surface area contributed by atoms with E-state index in [1.165, 1.54) is 20.8 Å².